The molecule has 0 aromatic carbocycles. The molecule has 3 heterocycles. The van der Waals surface area contributed by atoms with Crippen LogP contribution in [0, 0.1) is 13.8 Å². The molecule has 2 aromatic rings. The zero-order valence-corrected chi connectivity index (χ0v) is 14.0. The minimum absolute atomic E-state index is 0.101. The minimum Gasteiger partial charge on any atom is -0.378 e. The lowest BCUT2D eigenvalue weighted by atomic mass is 10.3. The number of carbonyl (C=O) groups is 1. The number of aromatic nitrogens is 4. The van der Waals surface area contributed by atoms with Crippen molar-refractivity contribution in [1.82, 2.24) is 24.4 Å². The van der Waals surface area contributed by atoms with E-state index >= 15 is 0 Å². The molecule has 0 spiro atoms. The second-order valence-electron chi connectivity index (χ2n) is 5.73. The highest BCUT2D eigenvalue weighted by Gasteiger charge is 2.20. The molecular formula is C16H22N6O2. The summed E-state index contributed by atoms with van der Waals surface area (Å²) in [6, 6.07) is 0. The predicted octanol–water partition coefficient (Wildman–Crippen LogP) is 0.874. The van der Waals surface area contributed by atoms with Crippen molar-refractivity contribution in [1.29, 1.82) is 0 Å². The highest BCUT2D eigenvalue weighted by molar-refractivity contribution is 5.92. The Hall–Kier alpha value is -2.48. The summed E-state index contributed by atoms with van der Waals surface area (Å²) in [6.45, 7) is 7.82. The molecule has 3 rings (SSSR count). The lowest BCUT2D eigenvalue weighted by molar-refractivity contribution is 0.0299. The molecule has 1 N–H and O–H groups in total. The third kappa shape index (κ3) is 3.70. The molecule has 128 valence electrons. The van der Waals surface area contributed by atoms with E-state index in [1.54, 1.807) is 11.1 Å². The number of carbonyl (C=O) groups excluding carboxylic acids is 1. The predicted molar refractivity (Wildman–Crippen MR) is 88.9 cm³/mol. The first-order valence-corrected chi connectivity index (χ1v) is 8.06. The summed E-state index contributed by atoms with van der Waals surface area (Å²) in [7, 11) is 0. The molecule has 0 atom stereocenters. The maximum atomic E-state index is 12.4. The Labute approximate surface area is 140 Å². The van der Waals surface area contributed by atoms with Gasteiger partial charge in [0.15, 0.2) is 0 Å². The molecule has 24 heavy (non-hydrogen) atoms. The smallest absolute Gasteiger partial charge is 0.274 e. The van der Waals surface area contributed by atoms with E-state index in [2.05, 4.69) is 24.8 Å². The van der Waals surface area contributed by atoms with Crippen LogP contribution in [0.25, 0.3) is 0 Å². The average Bonchev–Trinajstić information content (AvgIpc) is 2.94. The van der Waals surface area contributed by atoms with Crippen molar-refractivity contribution in [2.24, 2.45) is 0 Å². The SMILES string of the molecule is Cc1ncn(CCNc2cncc(C(=O)N3CCOCC3)n2)c1C. The summed E-state index contributed by atoms with van der Waals surface area (Å²) in [6.07, 6.45) is 4.96. The van der Waals surface area contributed by atoms with Gasteiger partial charge in [-0.1, -0.05) is 0 Å². The van der Waals surface area contributed by atoms with E-state index < -0.39 is 0 Å². The molecule has 0 radical (unpaired) electrons. The van der Waals surface area contributed by atoms with E-state index in [1.165, 1.54) is 6.20 Å². The third-order valence-corrected chi connectivity index (χ3v) is 4.16. The van der Waals surface area contributed by atoms with Crippen LogP contribution in [0.1, 0.15) is 21.9 Å². The third-order valence-electron chi connectivity index (χ3n) is 4.16. The minimum atomic E-state index is -0.101. The molecular weight excluding hydrogens is 308 g/mol. The number of amides is 1. The number of nitrogens with zero attached hydrogens (tertiary/aromatic N) is 5. The van der Waals surface area contributed by atoms with Gasteiger partial charge in [0.1, 0.15) is 11.5 Å². The summed E-state index contributed by atoms with van der Waals surface area (Å²) in [5.74, 6) is 0.499. The molecule has 1 amide bonds. The standard InChI is InChI=1S/C16H22N6O2/c1-12-13(2)22(11-19-12)4-3-18-15-10-17-9-14(20-15)16(23)21-5-7-24-8-6-21/h9-11H,3-8H2,1-2H3,(H,18,20). The first-order chi connectivity index (χ1) is 11.6. The molecule has 0 saturated carbocycles. The molecule has 0 bridgehead atoms. The van der Waals surface area contributed by atoms with Gasteiger partial charge in [-0.25, -0.2) is 9.97 Å². The molecule has 1 aliphatic heterocycles. The van der Waals surface area contributed by atoms with Gasteiger partial charge in [-0.2, -0.15) is 0 Å². The Morgan fingerprint density at radius 3 is 2.79 bits per heavy atom. The van der Waals surface area contributed by atoms with Gasteiger partial charge in [0.2, 0.25) is 0 Å². The summed E-state index contributed by atoms with van der Waals surface area (Å²) in [5, 5.41) is 3.21. The van der Waals surface area contributed by atoms with Gasteiger partial charge in [-0.3, -0.25) is 9.78 Å². The van der Waals surface area contributed by atoms with Crippen LogP contribution in [0.15, 0.2) is 18.7 Å². The molecule has 8 nitrogen and oxygen atoms in total. The molecule has 0 unspecified atom stereocenters. The number of imidazole rings is 1. The number of hydrogen-bond acceptors (Lipinski definition) is 6. The number of ether oxygens (including phenoxy) is 1. The molecule has 1 aliphatic rings. The van der Waals surface area contributed by atoms with E-state index in [0.29, 0.717) is 44.4 Å². The number of rotatable bonds is 5. The zero-order chi connectivity index (χ0) is 16.9. The fraction of sp³-hybridized carbons (Fsp3) is 0.500. The Kier molecular flexibility index (Phi) is 5.05. The lowest BCUT2D eigenvalue weighted by Crippen LogP contribution is -2.41. The van der Waals surface area contributed by atoms with Gasteiger partial charge in [-0.15, -0.1) is 0 Å². The monoisotopic (exact) mass is 330 g/mol. The van der Waals surface area contributed by atoms with Gasteiger partial charge in [-0.05, 0) is 13.8 Å². The van der Waals surface area contributed by atoms with Crippen LogP contribution in [0.4, 0.5) is 5.82 Å². The Morgan fingerprint density at radius 1 is 1.29 bits per heavy atom. The molecule has 8 heteroatoms. The summed E-state index contributed by atoms with van der Waals surface area (Å²) in [4.78, 5) is 26.9. The highest BCUT2D eigenvalue weighted by atomic mass is 16.5. The topological polar surface area (TPSA) is 85.2 Å². The molecule has 1 fully saturated rings. The van der Waals surface area contributed by atoms with Gasteiger partial charge in [0.05, 0.1) is 37.6 Å². The summed E-state index contributed by atoms with van der Waals surface area (Å²) in [5.41, 5.74) is 2.54. The van der Waals surface area contributed by atoms with Crippen molar-refractivity contribution in [2.75, 3.05) is 38.2 Å². The highest BCUT2D eigenvalue weighted by Crippen LogP contribution is 2.08. The fourth-order valence-electron chi connectivity index (χ4n) is 2.56. The van der Waals surface area contributed by atoms with Gasteiger partial charge >= 0.3 is 0 Å². The average molecular weight is 330 g/mol. The van der Waals surface area contributed by atoms with Gasteiger partial charge in [0, 0.05) is 31.9 Å². The molecule has 0 aliphatic carbocycles. The number of aryl methyl sites for hydroxylation is 1. The number of nitrogens with one attached hydrogen (secondary N) is 1. The van der Waals surface area contributed by atoms with E-state index in [9.17, 15) is 4.79 Å². The van der Waals surface area contributed by atoms with Crippen LogP contribution < -0.4 is 5.32 Å². The Morgan fingerprint density at radius 2 is 2.08 bits per heavy atom. The van der Waals surface area contributed by atoms with Crippen molar-refractivity contribution in [3.8, 4) is 0 Å². The first kappa shape index (κ1) is 16.4. The van der Waals surface area contributed by atoms with Crippen molar-refractivity contribution >= 4 is 11.7 Å². The fourth-order valence-corrected chi connectivity index (χ4v) is 2.56. The lowest BCUT2D eigenvalue weighted by Gasteiger charge is -2.26. The van der Waals surface area contributed by atoms with Crippen LogP contribution in [0.2, 0.25) is 0 Å². The first-order valence-electron chi connectivity index (χ1n) is 8.06. The summed E-state index contributed by atoms with van der Waals surface area (Å²) >= 11 is 0. The van der Waals surface area contributed by atoms with E-state index in [-0.39, 0.29) is 5.91 Å². The van der Waals surface area contributed by atoms with Crippen LogP contribution in [-0.4, -0.2) is 63.2 Å². The molecule has 2 aromatic heterocycles. The Balaban J connectivity index is 1.58. The van der Waals surface area contributed by atoms with Crippen LogP contribution in [0.5, 0.6) is 0 Å². The van der Waals surface area contributed by atoms with Crippen LogP contribution >= 0.6 is 0 Å². The summed E-state index contributed by atoms with van der Waals surface area (Å²) < 4.78 is 7.35. The van der Waals surface area contributed by atoms with E-state index in [0.717, 1.165) is 17.9 Å². The van der Waals surface area contributed by atoms with Crippen molar-refractivity contribution in [2.45, 2.75) is 20.4 Å². The van der Waals surface area contributed by atoms with E-state index in [1.807, 2.05) is 20.2 Å². The quantitative estimate of drug-likeness (QED) is 0.876. The maximum absolute atomic E-state index is 12.4. The number of hydrogen-bond donors (Lipinski definition) is 1. The number of anilines is 1. The molecule has 1 saturated heterocycles. The van der Waals surface area contributed by atoms with Crippen molar-refractivity contribution < 1.29 is 9.53 Å². The second-order valence-corrected chi connectivity index (χ2v) is 5.73. The zero-order valence-electron chi connectivity index (χ0n) is 14.0. The van der Waals surface area contributed by atoms with Gasteiger partial charge in [0.25, 0.3) is 5.91 Å². The van der Waals surface area contributed by atoms with E-state index in [4.69, 9.17) is 4.74 Å². The largest absolute Gasteiger partial charge is 0.378 e. The normalized spacial score (nSPS) is 14.7. The Bertz CT molecular complexity index is 708. The van der Waals surface area contributed by atoms with Crippen LogP contribution in [-0.2, 0) is 11.3 Å². The van der Waals surface area contributed by atoms with Crippen molar-refractivity contribution in [3.05, 3.63) is 35.8 Å². The number of morpholine rings is 1. The second kappa shape index (κ2) is 7.39. The maximum Gasteiger partial charge on any atom is 0.274 e. The van der Waals surface area contributed by atoms with Crippen LogP contribution in [0.3, 0.4) is 0 Å². The van der Waals surface area contributed by atoms with Crippen molar-refractivity contribution in [3.63, 3.8) is 0 Å². The van der Waals surface area contributed by atoms with Gasteiger partial charge < -0.3 is 19.5 Å².